The molecule has 0 atom stereocenters. The summed E-state index contributed by atoms with van der Waals surface area (Å²) in [4.78, 5) is 6.63. The zero-order valence-electron chi connectivity index (χ0n) is 9.55. The van der Waals surface area contributed by atoms with Gasteiger partial charge in [-0.3, -0.25) is 0 Å². The number of hydrogen-bond acceptors (Lipinski definition) is 3. The molecule has 17 heavy (non-hydrogen) atoms. The summed E-state index contributed by atoms with van der Waals surface area (Å²) in [5.41, 5.74) is 2.02. The maximum absolute atomic E-state index is 6.05. The molecule has 0 unspecified atom stereocenters. The largest absolute Gasteiger partial charge is 0.377 e. The number of aryl methyl sites for hydroxylation is 2. The standard InChI is InChI=1S/C12H12BrClN2S/c1-7-3-4-15-12(14)11(7)16-6-9-5-10(13)8(2)17-9/h3-5,16H,6H2,1-2H3. The Morgan fingerprint density at radius 3 is 2.82 bits per heavy atom. The lowest BCUT2D eigenvalue weighted by Gasteiger charge is -2.09. The van der Waals surface area contributed by atoms with E-state index < -0.39 is 0 Å². The van der Waals surface area contributed by atoms with Crippen LogP contribution in [0.25, 0.3) is 0 Å². The molecular weight excluding hydrogens is 320 g/mol. The fourth-order valence-electron chi connectivity index (χ4n) is 1.52. The number of hydrogen-bond donors (Lipinski definition) is 1. The molecule has 2 aromatic rings. The zero-order valence-corrected chi connectivity index (χ0v) is 12.7. The van der Waals surface area contributed by atoms with E-state index in [0.717, 1.165) is 22.3 Å². The van der Waals surface area contributed by atoms with Gasteiger partial charge in [0.2, 0.25) is 0 Å². The normalized spacial score (nSPS) is 10.6. The number of thiophene rings is 1. The second-order valence-electron chi connectivity index (χ2n) is 3.76. The molecule has 0 spiro atoms. The molecule has 0 aliphatic carbocycles. The Kier molecular flexibility index (Phi) is 4.07. The number of nitrogens with one attached hydrogen (secondary N) is 1. The van der Waals surface area contributed by atoms with E-state index in [2.05, 4.69) is 39.2 Å². The number of anilines is 1. The average Bonchev–Trinajstić information content (AvgIpc) is 2.58. The highest BCUT2D eigenvalue weighted by atomic mass is 79.9. The van der Waals surface area contributed by atoms with Gasteiger partial charge >= 0.3 is 0 Å². The number of rotatable bonds is 3. The quantitative estimate of drug-likeness (QED) is 0.818. The maximum Gasteiger partial charge on any atom is 0.152 e. The SMILES string of the molecule is Cc1ccnc(Cl)c1NCc1cc(Br)c(C)s1. The van der Waals surface area contributed by atoms with E-state index in [9.17, 15) is 0 Å². The van der Waals surface area contributed by atoms with Crippen molar-refractivity contribution in [3.63, 3.8) is 0 Å². The Labute approximate surface area is 118 Å². The Hall–Kier alpha value is -0.580. The smallest absolute Gasteiger partial charge is 0.152 e. The summed E-state index contributed by atoms with van der Waals surface area (Å²) < 4.78 is 1.16. The van der Waals surface area contributed by atoms with Crippen molar-refractivity contribution < 1.29 is 0 Å². The molecule has 0 saturated heterocycles. The predicted molar refractivity (Wildman–Crippen MR) is 78.1 cm³/mol. The van der Waals surface area contributed by atoms with Crippen molar-refractivity contribution >= 4 is 44.6 Å². The highest BCUT2D eigenvalue weighted by molar-refractivity contribution is 9.10. The van der Waals surface area contributed by atoms with Crippen LogP contribution in [-0.2, 0) is 6.54 Å². The van der Waals surface area contributed by atoms with Crippen molar-refractivity contribution in [3.05, 3.63) is 43.3 Å². The summed E-state index contributed by atoms with van der Waals surface area (Å²) in [6, 6.07) is 4.08. The van der Waals surface area contributed by atoms with Gasteiger partial charge in [-0.1, -0.05) is 11.6 Å². The highest BCUT2D eigenvalue weighted by Gasteiger charge is 2.06. The number of aromatic nitrogens is 1. The summed E-state index contributed by atoms with van der Waals surface area (Å²) in [5.74, 6) is 0. The van der Waals surface area contributed by atoms with Crippen LogP contribution in [0.4, 0.5) is 5.69 Å². The second kappa shape index (κ2) is 5.38. The minimum absolute atomic E-state index is 0.525. The predicted octanol–water partition coefficient (Wildman–Crippen LogP) is 4.79. The van der Waals surface area contributed by atoms with Crippen LogP contribution in [0.5, 0.6) is 0 Å². The van der Waals surface area contributed by atoms with Crippen molar-refractivity contribution in [2.24, 2.45) is 0 Å². The molecule has 2 nitrogen and oxygen atoms in total. The van der Waals surface area contributed by atoms with Gasteiger partial charge in [-0.25, -0.2) is 4.98 Å². The molecule has 90 valence electrons. The van der Waals surface area contributed by atoms with Crippen LogP contribution in [0.1, 0.15) is 15.3 Å². The lowest BCUT2D eigenvalue weighted by Crippen LogP contribution is -2.01. The monoisotopic (exact) mass is 330 g/mol. The molecule has 0 fully saturated rings. The molecule has 2 aromatic heterocycles. The first-order chi connectivity index (χ1) is 8.08. The van der Waals surface area contributed by atoms with Crippen molar-refractivity contribution in [2.75, 3.05) is 5.32 Å². The van der Waals surface area contributed by atoms with Crippen LogP contribution in [0.3, 0.4) is 0 Å². The lowest BCUT2D eigenvalue weighted by molar-refractivity contribution is 1.15. The van der Waals surface area contributed by atoms with E-state index >= 15 is 0 Å². The third kappa shape index (κ3) is 3.00. The van der Waals surface area contributed by atoms with Crippen LogP contribution in [0.2, 0.25) is 5.15 Å². The second-order valence-corrected chi connectivity index (χ2v) is 6.32. The van der Waals surface area contributed by atoms with Gasteiger partial charge in [0.05, 0.1) is 5.69 Å². The van der Waals surface area contributed by atoms with Crippen LogP contribution in [0.15, 0.2) is 22.8 Å². The highest BCUT2D eigenvalue weighted by Crippen LogP contribution is 2.28. The Morgan fingerprint density at radius 2 is 2.24 bits per heavy atom. The summed E-state index contributed by atoms with van der Waals surface area (Å²) >= 11 is 11.3. The fraction of sp³-hybridized carbons (Fsp3) is 0.250. The van der Waals surface area contributed by atoms with Crippen molar-refractivity contribution in [2.45, 2.75) is 20.4 Å². The Bertz CT molecular complexity index is 500. The minimum atomic E-state index is 0.525. The van der Waals surface area contributed by atoms with E-state index in [4.69, 9.17) is 11.6 Å². The average molecular weight is 332 g/mol. The van der Waals surface area contributed by atoms with E-state index in [0.29, 0.717) is 5.15 Å². The van der Waals surface area contributed by atoms with Gasteiger partial charge in [0.1, 0.15) is 0 Å². The van der Waals surface area contributed by atoms with Crippen molar-refractivity contribution in [1.29, 1.82) is 0 Å². The fourth-order valence-corrected chi connectivity index (χ4v) is 3.33. The van der Waals surface area contributed by atoms with Crippen LogP contribution in [0, 0.1) is 13.8 Å². The van der Waals surface area contributed by atoms with Gasteiger partial charge in [-0.15, -0.1) is 11.3 Å². The number of pyridine rings is 1. The topological polar surface area (TPSA) is 24.9 Å². The maximum atomic E-state index is 6.05. The summed E-state index contributed by atoms with van der Waals surface area (Å²) in [6.45, 7) is 4.88. The van der Waals surface area contributed by atoms with Gasteiger partial charge in [0.25, 0.3) is 0 Å². The third-order valence-corrected chi connectivity index (χ3v) is 4.88. The van der Waals surface area contributed by atoms with Crippen LogP contribution in [-0.4, -0.2) is 4.98 Å². The van der Waals surface area contributed by atoms with Gasteiger partial charge < -0.3 is 5.32 Å². The van der Waals surface area contributed by atoms with Gasteiger partial charge in [-0.05, 0) is 47.5 Å². The molecule has 0 saturated carbocycles. The number of halogens is 2. The molecule has 0 aliphatic rings. The lowest BCUT2D eigenvalue weighted by atomic mass is 10.2. The van der Waals surface area contributed by atoms with Gasteiger partial charge in [-0.2, -0.15) is 0 Å². The van der Waals surface area contributed by atoms with Gasteiger partial charge in [0, 0.05) is 27.0 Å². The molecule has 0 amide bonds. The van der Waals surface area contributed by atoms with Crippen LogP contribution < -0.4 is 5.32 Å². The molecule has 2 heterocycles. The van der Waals surface area contributed by atoms with Gasteiger partial charge in [0.15, 0.2) is 5.15 Å². The summed E-state index contributed by atoms with van der Waals surface area (Å²) in [5, 5.41) is 3.86. The molecule has 2 rings (SSSR count). The molecule has 0 bridgehead atoms. The minimum Gasteiger partial charge on any atom is -0.377 e. The van der Waals surface area contributed by atoms with E-state index in [1.807, 2.05) is 13.0 Å². The Balaban J connectivity index is 2.12. The molecule has 0 aromatic carbocycles. The first-order valence-electron chi connectivity index (χ1n) is 5.17. The molecular formula is C12H12BrClN2S. The van der Waals surface area contributed by atoms with E-state index in [1.165, 1.54) is 9.75 Å². The molecule has 0 aliphatic heterocycles. The molecule has 1 N–H and O–H groups in total. The van der Waals surface area contributed by atoms with Crippen molar-refractivity contribution in [3.8, 4) is 0 Å². The number of nitrogens with zero attached hydrogens (tertiary/aromatic N) is 1. The summed E-state index contributed by atoms with van der Waals surface area (Å²) in [7, 11) is 0. The van der Waals surface area contributed by atoms with Crippen LogP contribution >= 0.6 is 38.9 Å². The van der Waals surface area contributed by atoms with E-state index in [-0.39, 0.29) is 0 Å². The molecule has 0 radical (unpaired) electrons. The first kappa shape index (κ1) is 12.9. The zero-order chi connectivity index (χ0) is 12.4. The first-order valence-corrected chi connectivity index (χ1v) is 7.16. The third-order valence-electron chi connectivity index (χ3n) is 2.46. The summed E-state index contributed by atoms with van der Waals surface area (Å²) in [6.07, 6.45) is 1.72. The van der Waals surface area contributed by atoms with Crippen molar-refractivity contribution in [1.82, 2.24) is 4.98 Å². The molecule has 5 heteroatoms. The van der Waals surface area contributed by atoms with E-state index in [1.54, 1.807) is 17.5 Å². The Morgan fingerprint density at radius 1 is 1.47 bits per heavy atom.